The van der Waals surface area contributed by atoms with Crippen LogP contribution in [0.5, 0.6) is 0 Å². The van der Waals surface area contributed by atoms with Gasteiger partial charge < -0.3 is 21.1 Å². The number of pyridine rings is 1. The van der Waals surface area contributed by atoms with E-state index in [1.807, 2.05) is 0 Å². The third-order valence-electron chi connectivity index (χ3n) is 3.70. The maximum Gasteiger partial charge on any atom is 0.326 e. The van der Waals surface area contributed by atoms with E-state index in [-0.39, 0.29) is 23.5 Å². The summed E-state index contributed by atoms with van der Waals surface area (Å²) in [6.07, 6.45) is 1.29. The van der Waals surface area contributed by atoms with Crippen LogP contribution >= 0.6 is 12.6 Å². The molecule has 10 heteroatoms. The number of hydrogen-bond acceptors (Lipinski definition) is 6. The Morgan fingerprint density at radius 2 is 1.93 bits per heavy atom. The van der Waals surface area contributed by atoms with Gasteiger partial charge in [-0.25, -0.2) is 14.2 Å². The average Bonchev–Trinajstić information content (AvgIpc) is 2.62. The number of aliphatic carboxylic acids is 1. The topological polar surface area (TPSA) is 120 Å². The van der Waals surface area contributed by atoms with Gasteiger partial charge in [0.05, 0.1) is 5.69 Å². The molecule has 1 heterocycles. The lowest BCUT2D eigenvalue weighted by molar-refractivity contribution is -0.142. The fourth-order valence-corrected chi connectivity index (χ4v) is 2.26. The van der Waals surface area contributed by atoms with Crippen molar-refractivity contribution in [2.75, 3.05) is 0 Å². The smallest absolute Gasteiger partial charge is 0.326 e. The number of nitrogens with zero attached hydrogens (tertiary/aromatic N) is 1. The van der Waals surface area contributed by atoms with Gasteiger partial charge in [0.1, 0.15) is 11.7 Å². The lowest BCUT2D eigenvalue weighted by Gasteiger charge is -2.19. The Kier molecular flexibility index (Phi) is 9.07. The molecule has 2 atom stereocenters. The highest BCUT2D eigenvalue weighted by Gasteiger charge is 2.26. The number of rotatable bonds is 9. The number of amides is 2. The van der Waals surface area contributed by atoms with Crippen molar-refractivity contribution in [1.82, 2.24) is 20.9 Å². The molecule has 1 aromatic rings. The summed E-state index contributed by atoms with van der Waals surface area (Å²) in [6, 6.07) is 1.40. The lowest BCUT2D eigenvalue weighted by atomic mass is 10.0. The maximum absolute atomic E-state index is 14.0. The van der Waals surface area contributed by atoms with E-state index in [1.54, 1.807) is 20.8 Å². The summed E-state index contributed by atoms with van der Waals surface area (Å²) in [5.41, 5.74) is -0.257. The second-order valence-corrected chi connectivity index (χ2v) is 7.15. The Hall–Kier alpha value is -2.46. The van der Waals surface area contributed by atoms with Crippen molar-refractivity contribution in [3.63, 3.8) is 0 Å². The average molecular weight is 412 g/mol. The summed E-state index contributed by atoms with van der Waals surface area (Å²) in [5.74, 6) is -4.12. The number of aromatic nitrogens is 1. The number of carbonyl (C=O) groups excluding carboxylic acids is 2. The van der Waals surface area contributed by atoms with Crippen molar-refractivity contribution in [3.05, 3.63) is 41.1 Å². The van der Waals surface area contributed by atoms with Crippen LogP contribution < -0.4 is 16.0 Å². The number of thiol groups is 1. The van der Waals surface area contributed by atoms with E-state index < -0.39 is 35.3 Å². The van der Waals surface area contributed by atoms with Gasteiger partial charge in [0.2, 0.25) is 0 Å². The molecule has 0 saturated heterocycles. The van der Waals surface area contributed by atoms with E-state index in [0.29, 0.717) is 5.69 Å². The lowest BCUT2D eigenvalue weighted by Crippen LogP contribution is -2.47. The Bertz CT molecular complexity index is 768. The molecule has 0 aliphatic heterocycles. The van der Waals surface area contributed by atoms with Crippen LogP contribution in [0, 0.1) is 11.7 Å². The molecule has 0 fully saturated rings. The van der Waals surface area contributed by atoms with Gasteiger partial charge in [-0.1, -0.05) is 19.9 Å². The Labute approximate surface area is 168 Å². The van der Waals surface area contributed by atoms with E-state index in [1.165, 1.54) is 19.1 Å². The quantitative estimate of drug-likeness (QED) is 0.238. The predicted molar refractivity (Wildman–Crippen MR) is 105 cm³/mol. The first-order valence-electron chi connectivity index (χ1n) is 8.65. The van der Waals surface area contributed by atoms with Gasteiger partial charge in [-0.3, -0.25) is 9.59 Å². The molecule has 8 nitrogen and oxygen atoms in total. The third kappa shape index (κ3) is 6.93. The zero-order chi connectivity index (χ0) is 21.4. The van der Waals surface area contributed by atoms with Gasteiger partial charge in [0, 0.05) is 11.9 Å². The van der Waals surface area contributed by atoms with Crippen LogP contribution in [-0.4, -0.2) is 39.3 Å². The molecule has 0 bridgehead atoms. The highest BCUT2D eigenvalue weighted by Crippen LogP contribution is 2.09. The molecule has 1 rings (SSSR count). The SMILES string of the molecule is C/C=C(\NC(=O)c1nc(CNC(C)S)ccc1F)C(=O)N[C@H](C(=O)O)C(C)C. The van der Waals surface area contributed by atoms with E-state index in [0.717, 1.165) is 6.07 Å². The normalized spacial score (nSPS) is 13.8. The summed E-state index contributed by atoms with van der Waals surface area (Å²) < 4.78 is 14.0. The van der Waals surface area contributed by atoms with Crippen LogP contribution in [0.3, 0.4) is 0 Å². The largest absolute Gasteiger partial charge is 0.480 e. The molecule has 0 aliphatic carbocycles. The number of carbonyl (C=O) groups is 3. The van der Waals surface area contributed by atoms with E-state index in [9.17, 15) is 23.9 Å². The van der Waals surface area contributed by atoms with Crippen LogP contribution in [0.15, 0.2) is 23.9 Å². The zero-order valence-corrected chi connectivity index (χ0v) is 17.0. The second kappa shape index (κ2) is 10.8. The van der Waals surface area contributed by atoms with Gasteiger partial charge in [-0.15, -0.1) is 0 Å². The highest BCUT2D eigenvalue weighted by atomic mass is 32.1. The molecule has 4 N–H and O–H groups in total. The van der Waals surface area contributed by atoms with Crippen molar-refractivity contribution < 1.29 is 23.9 Å². The summed E-state index contributed by atoms with van der Waals surface area (Å²) in [4.78, 5) is 39.9. The number of halogens is 1. The van der Waals surface area contributed by atoms with Crippen LogP contribution in [-0.2, 0) is 16.1 Å². The first-order valence-corrected chi connectivity index (χ1v) is 9.16. The minimum absolute atomic E-state index is 0.120. The molecule has 0 spiro atoms. The minimum Gasteiger partial charge on any atom is -0.480 e. The van der Waals surface area contributed by atoms with Crippen molar-refractivity contribution in [1.29, 1.82) is 0 Å². The summed E-state index contributed by atoms with van der Waals surface area (Å²) >= 11 is 4.17. The van der Waals surface area contributed by atoms with Crippen molar-refractivity contribution >= 4 is 30.4 Å². The Balaban J connectivity index is 2.93. The highest BCUT2D eigenvalue weighted by molar-refractivity contribution is 7.80. The summed E-state index contributed by atoms with van der Waals surface area (Å²) in [7, 11) is 0. The molecule has 0 aliphatic rings. The molecule has 0 aromatic carbocycles. The van der Waals surface area contributed by atoms with E-state index >= 15 is 0 Å². The van der Waals surface area contributed by atoms with Crippen LogP contribution in [0.25, 0.3) is 0 Å². The van der Waals surface area contributed by atoms with Crippen molar-refractivity contribution in [3.8, 4) is 0 Å². The van der Waals surface area contributed by atoms with E-state index in [2.05, 4.69) is 33.6 Å². The molecule has 0 saturated carbocycles. The molecule has 2 amide bonds. The molecule has 154 valence electrons. The van der Waals surface area contributed by atoms with Gasteiger partial charge in [-0.05, 0) is 31.9 Å². The summed E-state index contributed by atoms with van der Waals surface area (Å²) in [6.45, 7) is 6.84. The number of carboxylic acid groups (broad SMARTS) is 1. The second-order valence-electron chi connectivity index (χ2n) is 6.38. The van der Waals surface area contributed by atoms with Crippen LogP contribution in [0.4, 0.5) is 4.39 Å². The standard InChI is InChI=1S/C18H25FN4O4S/c1-5-13(16(24)23-14(9(2)3)18(26)27)22-17(25)15-12(19)7-6-11(21-15)8-20-10(4)28/h5-7,9-10,14,20,28H,8H2,1-4H3,(H,22,25)(H,23,24)(H,26,27)/b13-5-/t10?,14-/m0/s1. The fourth-order valence-electron chi connectivity index (χ4n) is 2.17. The van der Waals surface area contributed by atoms with Crippen molar-refractivity contribution in [2.24, 2.45) is 5.92 Å². The van der Waals surface area contributed by atoms with Gasteiger partial charge in [-0.2, -0.15) is 12.6 Å². The molecule has 0 radical (unpaired) electrons. The third-order valence-corrected chi connectivity index (χ3v) is 3.88. The number of hydrogen-bond donors (Lipinski definition) is 5. The first kappa shape index (κ1) is 23.6. The predicted octanol–water partition coefficient (Wildman–Crippen LogP) is 1.45. The van der Waals surface area contributed by atoms with Gasteiger partial charge >= 0.3 is 5.97 Å². The molecular formula is C18H25FN4O4S. The van der Waals surface area contributed by atoms with E-state index in [4.69, 9.17) is 0 Å². The van der Waals surface area contributed by atoms with Gasteiger partial charge in [0.25, 0.3) is 11.8 Å². The Morgan fingerprint density at radius 1 is 1.29 bits per heavy atom. The van der Waals surface area contributed by atoms with Crippen molar-refractivity contribution in [2.45, 2.75) is 45.7 Å². The molecule has 1 unspecified atom stereocenters. The molecular weight excluding hydrogens is 387 g/mol. The van der Waals surface area contributed by atoms with Gasteiger partial charge in [0.15, 0.2) is 11.5 Å². The first-order chi connectivity index (χ1) is 13.1. The number of nitrogens with one attached hydrogen (secondary N) is 3. The number of carboxylic acids is 1. The monoisotopic (exact) mass is 412 g/mol. The number of allylic oxidation sites excluding steroid dienone is 1. The zero-order valence-electron chi connectivity index (χ0n) is 16.1. The Morgan fingerprint density at radius 3 is 2.43 bits per heavy atom. The summed E-state index contributed by atoms with van der Waals surface area (Å²) in [5, 5.41) is 16.6. The van der Waals surface area contributed by atoms with Crippen LogP contribution in [0.2, 0.25) is 0 Å². The maximum atomic E-state index is 14.0. The van der Waals surface area contributed by atoms with Crippen LogP contribution in [0.1, 0.15) is 43.9 Å². The minimum atomic E-state index is -1.20. The fraction of sp³-hybridized carbons (Fsp3) is 0.444. The molecule has 28 heavy (non-hydrogen) atoms. The molecule has 1 aromatic heterocycles.